The van der Waals surface area contributed by atoms with Gasteiger partial charge in [0.25, 0.3) is 0 Å². The summed E-state index contributed by atoms with van der Waals surface area (Å²) in [7, 11) is 0. The summed E-state index contributed by atoms with van der Waals surface area (Å²) in [5.74, 6) is 0.631. The largest absolute Gasteiger partial charge is 0.327 e. The third-order valence-electron chi connectivity index (χ3n) is 4.52. The van der Waals surface area contributed by atoms with E-state index in [0.29, 0.717) is 12.0 Å². The number of rotatable bonds is 1. The third kappa shape index (κ3) is 2.13. The molecule has 0 radical (unpaired) electrons. The van der Waals surface area contributed by atoms with Crippen LogP contribution in [0.1, 0.15) is 58.1 Å². The van der Waals surface area contributed by atoms with Crippen molar-refractivity contribution < 1.29 is 0 Å². The van der Waals surface area contributed by atoms with Crippen molar-refractivity contribution in [3.8, 4) is 0 Å². The van der Waals surface area contributed by atoms with Crippen molar-refractivity contribution in [2.24, 2.45) is 11.1 Å². The Kier molecular flexibility index (Phi) is 2.86. The Labute approximate surface area is 105 Å². The first-order valence-electron chi connectivity index (χ1n) is 6.59. The zero-order valence-corrected chi connectivity index (χ0v) is 11.7. The van der Waals surface area contributed by atoms with Crippen molar-refractivity contribution in [3.05, 3.63) is 35.4 Å². The molecule has 2 rings (SSSR count). The van der Waals surface area contributed by atoms with Gasteiger partial charge in [0.1, 0.15) is 0 Å². The van der Waals surface area contributed by atoms with Gasteiger partial charge in [0.05, 0.1) is 0 Å². The number of nitrogens with two attached hydrogens (primary N) is 1. The van der Waals surface area contributed by atoms with Gasteiger partial charge in [-0.1, -0.05) is 58.9 Å². The average molecular weight is 231 g/mol. The summed E-state index contributed by atoms with van der Waals surface area (Å²) in [5.41, 5.74) is 9.43. The monoisotopic (exact) mass is 231 g/mol. The van der Waals surface area contributed by atoms with Crippen LogP contribution < -0.4 is 5.73 Å². The summed E-state index contributed by atoms with van der Waals surface area (Å²) >= 11 is 0. The van der Waals surface area contributed by atoms with E-state index in [-0.39, 0.29) is 10.8 Å². The summed E-state index contributed by atoms with van der Waals surface area (Å²) in [6.45, 7) is 11.3. The predicted octanol–water partition coefficient (Wildman–Crippen LogP) is 3.82. The molecule has 17 heavy (non-hydrogen) atoms. The normalized spacial score (nSPS) is 27.6. The standard InChI is InChI=1S/C16H25N/c1-15(2,3)12-8-6-11(7-9-12)13-10-14(17)16(13,4)5/h6-9,13-14H,10,17H2,1-5H3. The third-order valence-corrected chi connectivity index (χ3v) is 4.52. The Morgan fingerprint density at radius 3 is 2.00 bits per heavy atom. The van der Waals surface area contributed by atoms with E-state index >= 15 is 0 Å². The minimum atomic E-state index is 0.240. The van der Waals surface area contributed by atoms with Gasteiger partial charge in [-0.3, -0.25) is 0 Å². The SMILES string of the molecule is CC(C)(C)c1ccc(C2CC(N)C2(C)C)cc1. The van der Waals surface area contributed by atoms with E-state index in [1.54, 1.807) is 0 Å². The van der Waals surface area contributed by atoms with Gasteiger partial charge in [-0.15, -0.1) is 0 Å². The molecule has 0 bridgehead atoms. The number of hydrogen-bond donors (Lipinski definition) is 1. The first-order valence-corrected chi connectivity index (χ1v) is 6.59. The Morgan fingerprint density at radius 1 is 1.12 bits per heavy atom. The second-order valence-electron chi connectivity index (χ2n) is 7.09. The van der Waals surface area contributed by atoms with Gasteiger partial charge in [-0.2, -0.15) is 0 Å². The van der Waals surface area contributed by atoms with Gasteiger partial charge in [0.2, 0.25) is 0 Å². The predicted molar refractivity (Wildman–Crippen MR) is 74.3 cm³/mol. The van der Waals surface area contributed by atoms with Crippen LogP contribution in [0.4, 0.5) is 0 Å². The molecule has 1 aliphatic carbocycles. The second-order valence-corrected chi connectivity index (χ2v) is 7.09. The number of hydrogen-bond acceptors (Lipinski definition) is 1. The highest BCUT2D eigenvalue weighted by Crippen LogP contribution is 2.51. The second kappa shape index (κ2) is 3.84. The van der Waals surface area contributed by atoms with Gasteiger partial charge in [0, 0.05) is 6.04 Å². The molecular weight excluding hydrogens is 206 g/mol. The van der Waals surface area contributed by atoms with E-state index in [0.717, 1.165) is 6.42 Å². The van der Waals surface area contributed by atoms with E-state index in [2.05, 4.69) is 58.9 Å². The Morgan fingerprint density at radius 2 is 1.65 bits per heavy atom. The van der Waals surface area contributed by atoms with Gasteiger partial charge in [-0.05, 0) is 34.3 Å². The van der Waals surface area contributed by atoms with Crippen molar-refractivity contribution >= 4 is 0 Å². The van der Waals surface area contributed by atoms with E-state index in [1.807, 2.05) is 0 Å². The smallest absolute Gasteiger partial charge is 0.0102 e. The lowest BCUT2D eigenvalue weighted by Gasteiger charge is -2.51. The van der Waals surface area contributed by atoms with Crippen LogP contribution in [0.5, 0.6) is 0 Å². The summed E-state index contributed by atoms with van der Waals surface area (Å²) in [4.78, 5) is 0. The molecule has 0 aliphatic heterocycles. The first-order chi connectivity index (χ1) is 7.73. The molecule has 2 atom stereocenters. The average Bonchev–Trinajstić information content (AvgIpc) is 2.25. The van der Waals surface area contributed by atoms with Gasteiger partial charge >= 0.3 is 0 Å². The van der Waals surface area contributed by atoms with Crippen LogP contribution in [-0.2, 0) is 5.41 Å². The van der Waals surface area contributed by atoms with Crippen LogP contribution in [0.25, 0.3) is 0 Å². The molecule has 1 nitrogen and oxygen atoms in total. The molecule has 2 unspecified atom stereocenters. The first kappa shape index (κ1) is 12.6. The van der Waals surface area contributed by atoms with Crippen molar-refractivity contribution in [2.45, 2.75) is 58.4 Å². The van der Waals surface area contributed by atoms with E-state index < -0.39 is 0 Å². The van der Waals surface area contributed by atoms with Crippen LogP contribution in [0, 0.1) is 5.41 Å². The van der Waals surface area contributed by atoms with Crippen molar-refractivity contribution in [2.75, 3.05) is 0 Å². The van der Waals surface area contributed by atoms with Crippen LogP contribution in [0.15, 0.2) is 24.3 Å². The van der Waals surface area contributed by atoms with Gasteiger partial charge in [-0.25, -0.2) is 0 Å². The highest BCUT2D eigenvalue weighted by molar-refractivity contribution is 5.32. The maximum atomic E-state index is 6.08. The maximum Gasteiger partial charge on any atom is 0.0102 e. The zero-order chi connectivity index (χ0) is 12.8. The van der Waals surface area contributed by atoms with Crippen molar-refractivity contribution in [3.63, 3.8) is 0 Å². The molecule has 0 amide bonds. The minimum Gasteiger partial charge on any atom is -0.327 e. The Bertz CT molecular complexity index is 395. The fraction of sp³-hybridized carbons (Fsp3) is 0.625. The quantitative estimate of drug-likeness (QED) is 0.781. The van der Waals surface area contributed by atoms with Gasteiger partial charge < -0.3 is 5.73 Å². The Hall–Kier alpha value is -0.820. The molecule has 2 N–H and O–H groups in total. The molecule has 1 fully saturated rings. The summed E-state index contributed by atoms with van der Waals surface area (Å²) < 4.78 is 0. The molecular formula is C16H25N. The van der Waals surface area contributed by atoms with Crippen LogP contribution in [0.2, 0.25) is 0 Å². The number of benzene rings is 1. The van der Waals surface area contributed by atoms with Crippen molar-refractivity contribution in [1.82, 2.24) is 0 Å². The lowest BCUT2D eigenvalue weighted by atomic mass is 9.56. The molecule has 1 heteroatoms. The zero-order valence-electron chi connectivity index (χ0n) is 11.7. The molecule has 1 aliphatic rings. The highest BCUT2D eigenvalue weighted by Gasteiger charge is 2.46. The van der Waals surface area contributed by atoms with E-state index in [1.165, 1.54) is 11.1 Å². The Balaban J connectivity index is 2.20. The molecule has 0 spiro atoms. The molecule has 1 aromatic carbocycles. The van der Waals surface area contributed by atoms with Gasteiger partial charge in [0.15, 0.2) is 0 Å². The summed E-state index contributed by atoms with van der Waals surface area (Å²) in [6, 6.07) is 9.48. The fourth-order valence-electron chi connectivity index (χ4n) is 2.74. The molecule has 0 saturated heterocycles. The summed E-state index contributed by atoms with van der Waals surface area (Å²) in [6.07, 6.45) is 1.13. The topological polar surface area (TPSA) is 26.0 Å². The maximum absolute atomic E-state index is 6.08. The van der Waals surface area contributed by atoms with Crippen LogP contribution >= 0.6 is 0 Å². The molecule has 0 aromatic heterocycles. The fourth-order valence-corrected chi connectivity index (χ4v) is 2.74. The van der Waals surface area contributed by atoms with E-state index in [4.69, 9.17) is 5.73 Å². The molecule has 1 aromatic rings. The lowest BCUT2D eigenvalue weighted by Crippen LogP contribution is -2.52. The molecule has 1 saturated carbocycles. The highest BCUT2D eigenvalue weighted by atomic mass is 14.8. The minimum absolute atomic E-state index is 0.240. The van der Waals surface area contributed by atoms with Crippen molar-refractivity contribution in [1.29, 1.82) is 0 Å². The lowest BCUT2D eigenvalue weighted by molar-refractivity contribution is 0.0984. The van der Waals surface area contributed by atoms with E-state index in [9.17, 15) is 0 Å². The molecule has 0 heterocycles. The summed E-state index contributed by atoms with van der Waals surface area (Å²) in [5, 5.41) is 0. The van der Waals surface area contributed by atoms with Crippen LogP contribution in [0.3, 0.4) is 0 Å². The molecule has 94 valence electrons. The van der Waals surface area contributed by atoms with Crippen LogP contribution in [-0.4, -0.2) is 6.04 Å².